The minimum atomic E-state index is -0.406. The second kappa shape index (κ2) is 5.07. The van der Waals surface area contributed by atoms with Crippen molar-refractivity contribution >= 4 is 6.09 Å². The monoisotopic (exact) mass is 189 g/mol. The normalized spacial score (nSPS) is 13.6. The number of carbonyl (C=O) groups excluding carboxylic acids is 1. The van der Waals surface area contributed by atoms with Crippen molar-refractivity contribution in [1.82, 2.24) is 5.32 Å². The van der Waals surface area contributed by atoms with Crippen LogP contribution in [-0.4, -0.2) is 31.5 Å². The van der Waals surface area contributed by atoms with Crippen LogP contribution < -0.4 is 5.32 Å². The standard InChI is InChI=1S/C9H19NO3/c1-7(12-5)6-13-8(11)10-9(2,3)4/h7H,6H2,1-5H3,(H,10,11). The summed E-state index contributed by atoms with van der Waals surface area (Å²) in [7, 11) is 1.58. The van der Waals surface area contributed by atoms with E-state index in [1.807, 2.05) is 27.7 Å². The first-order chi connectivity index (χ1) is 5.85. The highest BCUT2D eigenvalue weighted by Crippen LogP contribution is 1.99. The SMILES string of the molecule is COC(C)COC(=O)NC(C)(C)C. The molecule has 78 valence electrons. The highest BCUT2D eigenvalue weighted by Gasteiger charge is 2.15. The Kier molecular flexibility index (Phi) is 4.77. The lowest BCUT2D eigenvalue weighted by atomic mass is 10.1. The number of amides is 1. The van der Waals surface area contributed by atoms with E-state index in [1.165, 1.54) is 0 Å². The van der Waals surface area contributed by atoms with Crippen molar-refractivity contribution in [3.05, 3.63) is 0 Å². The Balaban J connectivity index is 3.64. The van der Waals surface area contributed by atoms with Gasteiger partial charge in [0, 0.05) is 12.6 Å². The fraction of sp³-hybridized carbons (Fsp3) is 0.889. The summed E-state index contributed by atoms with van der Waals surface area (Å²) >= 11 is 0. The zero-order valence-electron chi connectivity index (χ0n) is 9.01. The van der Waals surface area contributed by atoms with Crippen molar-refractivity contribution in [3.63, 3.8) is 0 Å². The van der Waals surface area contributed by atoms with Crippen molar-refractivity contribution in [3.8, 4) is 0 Å². The Morgan fingerprint density at radius 2 is 2.00 bits per heavy atom. The Labute approximate surface area is 79.6 Å². The molecule has 1 amide bonds. The molecule has 0 aliphatic rings. The Morgan fingerprint density at radius 3 is 2.38 bits per heavy atom. The molecule has 1 N–H and O–H groups in total. The van der Waals surface area contributed by atoms with Crippen molar-refractivity contribution < 1.29 is 14.3 Å². The smallest absolute Gasteiger partial charge is 0.407 e. The fourth-order valence-electron chi connectivity index (χ4n) is 0.603. The molecule has 0 rings (SSSR count). The molecule has 0 aliphatic heterocycles. The van der Waals surface area contributed by atoms with Gasteiger partial charge in [-0.2, -0.15) is 0 Å². The van der Waals surface area contributed by atoms with E-state index in [1.54, 1.807) is 7.11 Å². The van der Waals surface area contributed by atoms with Gasteiger partial charge in [0.15, 0.2) is 0 Å². The summed E-state index contributed by atoms with van der Waals surface area (Å²) in [5.41, 5.74) is -0.257. The predicted octanol–water partition coefficient (Wildman–Crippen LogP) is 1.55. The van der Waals surface area contributed by atoms with E-state index in [9.17, 15) is 4.79 Å². The first-order valence-corrected chi connectivity index (χ1v) is 4.33. The molecule has 0 aliphatic carbocycles. The minimum Gasteiger partial charge on any atom is -0.447 e. The number of hydrogen-bond donors (Lipinski definition) is 1. The average Bonchev–Trinajstić information content (AvgIpc) is 1.97. The fourth-order valence-corrected chi connectivity index (χ4v) is 0.603. The van der Waals surface area contributed by atoms with Crippen molar-refractivity contribution in [1.29, 1.82) is 0 Å². The molecule has 0 spiro atoms. The Hall–Kier alpha value is -0.770. The van der Waals surface area contributed by atoms with Gasteiger partial charge >= 0.3 is 6.09 Å². The van der Waals surface area contributed by atoms with Gasteiger partial charge < -0.3 is 14.8 Å². The predicted molar refractivity (Wildman–Crippen MR) is 50.7 cm³/mol. The third-order valence-electron chi connectivity index (χ3n) is 1.33. The quantitative estimate of drug-likeness (QED) is 0.732. The molecule has 0 aromatic rings. The number of ether oxygens (including phenoxy) is 2. The zero-order valence-corrected chi connectivity index (χ0v) is 9.01. The van der Waals surface area contributed by atoms with Gasteiger partial charge in [0.2, 0.25) is 0 Å². The second-order valence-corrected chi connectivity index (χ2v) is 4.02. The lowest BCUT2D eigenvalue weighted by molar-refractivity contribution is 0.0438. The van der Waals surface area contributed by atoms with Crippen molar-refractivity contribution in [2.24, 2.45) is 0 Å². The largest absolute Gasteiger partial charge is 0.447 e. The first-order valence-electron chi connectivity index (χ1n) is 4.33. The molecule has 0 saturated carbocycles. The summed E-state index contributed by atoms with van der Waals surface area (Å²) in [5.74, 6) is 0. The van der Waals surface area contributed by atoms with E-state index in [0.29, 0.717) is 0 Å². The maximum absolute atomic E-state index is 11.1. The summed E-state index contributed by atoms with van der Waals surface area (Å²) < 4.78 is 9.82. The lowest BCUT2D eigenvalue weighted by Crippen LogP contribution is -2.41. The Morgan fingerprint density at radius 1 is 1.46 bits per heavy atom. The summed E-state index contributed by atoms with van der Waals surface area (Å²) in [5, 5.41) is 2.68. The number of carbonyl (C=O) groups is 1. The van der Waals surface area contributed by atoms with Gasteiger partial charge in [0.1, 0.15) is 6.61 Å². The van der Waals surface area contributed by atoms with Gasteiger partial charge in [0.05, 0.1) is 6.10 Å². The van der Waals surface area contributed by atoms with E-state index in [-0.39, 0.29) is 18.2 Å². The van der Waals surface area contributed by atoms with E-state index in [2.05, 4.69) is 5.32 Å². The van der Waals surface area contributed by atoms with E-state index in [4.69, 9.17) is 9.47 Å². The molecule has 0 saturated heterocycles. The van der Waals surface area contributed by atoms with Crippen LogP contribution in [0.2, 0.25) is 0 Å². The molecular weight excluding hydrogens is 170 g/mol. The molecule has 4 nitrogen and oxygen atoms in total. The number of nitrogens with one attached hydrogen (secondary N) is 1. The van der Waals surface area contributed by atoms with Gasteiger partial charge in [-0.1, -0.05) is 0 Å². The molecule has 0 fully saturated rings. The van der Waals surface area contributed by atoms with Gasteiger partial charge in [-0.25, -0.2) is 4.79 Å². The van der Waals surface area contributed by atoms with Crippen LogP contribution in [0, 0.1) is 0 Å². The summed E-state index contributed by atoms with van der Waals surface area (Å²) in [6.07, 6.45) is -0.470. The minimum absolute atomic E-state index is 0.0641. The van der Waals surface area contributed by atoms with Crippen LogP contribution in [0.4, 0.5) is 4.79 Å². The first kappa shape index (κ1) is 12.2. The van der Waals surface area contributed by atoms with E-state index in [0.717, 1.165) is 0 Å². The van der Waals surface area contributed by atoms with Crippen molar-refractivity contribution in [2.45, 2.75) is 39.3 Å². The molecule has 0 aromatic heterocycles. The number of methoxy groups -OCH3 is 1. The number of hydrogen-bond acceptors (Lipinski definition) is 3. The molecule has 0 bridgehead atoms. The summed E-state index contributed by atoms with van der Waals surface area (Å²) in [6.45, 7) is 7.80. The average molecular weight is 189 g/mol. The molecule has 0 aromatic carbocycles. The third kappa shape index (κ3) is 7.59. The maximum atomic E-state index is 11.1. The number of alkyl carbamates (subject to hydrolysis) is 1. The highest BCUT2D eigenvalue weighted by atomic mass is 16.6. The summed E-state index contributed by atoms with van der Waals surface area (Å²) in [4.78, 5) is 11.1. The van der Waals surface area contributed by atoms with Crippen LogP contribution in [-0.2, 0) is 9.47 Å². The van der Waals surface area contributed by atoms with Crippen LogP contribution in [0.1, 0.15) is 27.7 Å². The van der Waals surface area contributed by atoms with Crippen LogP contribution >= 0.6 is 0 Å². The van der Waals surface area contributed by atoms with E-state index < -0.39 is 6.09 Å². The van der Waals surface area contributed by atoms with E-state index >= 15 is 0 Å². The lowest BCUT2D eigenvalue weighted by Gasteiger charge is -2.20. The van der Waals surface area contributed by atoms with Gasteiger partial charge in [0.25, 0.3) is 0 Å². The molecular formula is C9H19NO3. The third-order valence-corrected chi connectivity index (χ3v) is 1.33. The second-order valence-electron chi connectivity index (χ2n) is 4.02. The Bertz CT molecular complexity index is 163. The molecule has 0 radical (unpaired) electrons. The topological polar surface area (TPSA) is 47.6 Å². The zero-order chi connectivity index (χ0) is 10.5. The molecule has 1 unspecified atom stereocenters. The highest BCUT2D eigenvalue weighted by molar-refractivity contribution is 5.68. The van der Waals surface area contributed by atoms with Gasteiger partial charge in [-0.3, -0.25) is 0 Å². The number of rotatable bonds is 3. The van der Waals surface area contributed by atoms with Gasteiger partial charge in [-0.15, -0.1) is 0 Å². The van der Waals surface area contributed by atoms with Gasteiger partial charge in [-0.05, 0) is 27.7 Å². The summed E-state index contributed by atoms with van der Waals surface area (Å²) in [6, 6.07) is 0. The molecule has 0 heterocycles. The van der Waals surface area contributed by atoms with Crippen molar-refractivity contribution in [2.75, 3.05) is 13.7 Å². The van der Waals surface area contributed by atoms with Crippen LogP contribution in [0.15, 0.2) is 0 Å². The molecule has 1 atom stereocenters. The van der Waals surface area contributed by atoms with Crippen LogP contribution in [0.3, 0.4) is 0 Å². The van der Waals surface area contributed by atoms with Crippen LogP contribution in [0.5, 0.6) is 0 Å². The van der Waals surface area contributed by atoms with Crippen LogP contribution in [0.25, 0.3) is 0 Å². The molecule has 13 heavy (non-hydrogen) atoms. The maximum Gasteiger partial charge on any atom is 0.407 e. The molecule has 4 heteroatoms.